The van der Waals surface area contributed by atoms with Crippen LogP contribution in [0.5, 0.6) is 11.5 Å². The Kier molecular flexibility index (Phi) is 4.76. The third-order valence-electron chi connectivity index (χ3n) is 2.08. The molecule has 0 saturated heterocycles. The quantitative estimate of drug-likeness (QED) is 0.729. The van der Waals surface area contributed by atoms with Crippen LogP contribution in [0.1, 0.15) is 20.8 Å². The Balaban J connectivity index is 3.03. The second kappa shape index (κ2) is 6.10. The molecule has 0 unspecified atom stereocenters. The molecule has 0 aromatic heterocycles. The average Bonchev–Trinajstić information content (AvgIpc) is 2.25. The van der Waals surface area contributed by atoms with E-state index in [4.69, 9.17) is 15.2 Å². The van der Waals surface area contributed by atoms with Gasteiger partial charge >= 0.3 is 0 Å². The SMILES string of the molecule is CCNc1cc(OCC)c(N)cc1OCC. The predicted octanol–water partition coefficient (Wildman–Crippen LogP) is 2.50. The molecule has 0 bridgehead atoms. The molecule has 4 heteroatoms. The van der Waals surface area contributed by atoms with Gasteiger partial charge in [0.2, 0.25) is 0 Å². The largest absolute Gasteiger partial charge is 0.492 e. The lowest BCUT2D eigenvalue weighted by molar-refractivity contribution is 0.333. The molecule has 0 saturated carbocycles. The van der Waals surface area contributed by atoms with Crippen LogP contribution in [0.3, 0.4) is 0 Å². The Morgan fingerprint density at radius 1 is 1.06 bits per heavy atom. The van der Waals surface area contributed by atoms with E-state index in [0.717, 1.165) is 18.0 Å². The molecule has 0 radical (unpaired) electrons. The van der Waals surface area contributed by atoms with Crippen molar-refractivity contribution in [1.82, 2.24) is 0 Å². The molecule has 0 spiro atoms. The molecule has 0 fully saturated rings. The summed E-state index contributed by atoms with van der Waals surface area (Å²) in [5, 5.41) is 3.23. The van der Waals surface area contributed by atoms with E-state index in [2.05, 4.69) is 5.32 Å². The zero-order valence-electron chi connectivity index (χ0n) is 10.2. The summed E-state index contributed by atoms with van der Waals surface area (Å²) in [5.74, 6) is 1.47. The van der Waals surface area contributed by atoms with Crippen LogP contribution in [0, 0.1) is 0 Å². The van der Waals surface area contributed by atoms with Crippen molar-refractivity contribution >= 4 is 11.4 Å². The van der Waals surface area contributed by atoms with Crippen molar-refractivity contribution in [2.75, 3.05) is 30.8 Å². The predicted molar refractivity (Wildman–Crippen MR) is 67.4 cm³/mol. The van der Waals surface area contributed by atoms with Gasteiger partial charge in [-0.2, -0.15) is 0 Å². The Morgan fingerprint density at radius 2 is 1.69 bits per heavy atom. The maximum Gasteiger partial charge on any atom is 0.144 e. The summed E-state index contributed by atoms with van der Waals surface area (Å²) in [5.41, 5.74) is 7.39. The van der Waals surface area contributed by atoms with Crippen LogP contribution >= 0.6 is 0 Å². The normalized spacial score (nSPS) is 9.94. The van der Waals surface area contributed by atoms with E-state index in [1.54, 1.807) is 6.07 Å². The molecule has 1 aromatic rings. The van der Waals surface area contributed by atoms with Gasteiger partial charge in [-0.1, -0.05) is 0 Å². The number of hydrogen-bond donors (Lipinski definition) is 2. The zero-order valence-corrected chi connectivity index (χ0v) is 10.2. The van der Waals surface area contributed by atoms with E-state index < -0.39 is 0 Å². The Morgan fingerprint density at radius 3 is 2.25 bits per heavy atom. The topological polar surface area (TPSA) is 56.5 Å². The fourth-order valence-corrected chi connectivity index (χ4v) is 1.46. The Hall–Kier alpha value is -1.58. The number of ether oxygens (including phenoxy) is 2. The molecule has 0 aliphatic carbocycles. The van der Waals surface area contributed by atoms with Gasteiger partial charge in [0.15, 0.2) is 0 Å². The molecule has 0 amide bonds. The lowest BCUT2D eigenvalue weighted by Crippen LogP contribution is -2.04. The van der Waals surface area contributed by atoms with Gasteiger partial charge in [-0.3, -0.25) is 0 Å². The average molecular weight is 224 g/mol. The minimum absolute atomic E-state index is 0.601. The number of rotatable bonds is 6. The number of anilines is 2. The van der Waals surface area contributed by atoms with Crippen LogP contribution in [-0.4, -0.2) is 19.8 Å². The molecule has 90 valence electrons. The fraction of sp³-hybridized carbons (Fsp3) is 0.500. The van der Waals surface area contributed by atoms with Crippen LogP contribution in [-0.2, 0) is 0 Å². The second-order valence-electron chi connectivity index (χ2n) is 3.28. The summed E-state index contributed by atoms with van der Waals surface area (Å²) in [6.07, 6.45) is 0. The first-order valence-corrected chi connectivity index (χ1v) is 5.65. The molecule has 0 aliphatic rings. The summed E-state index contributed by atoms with van der Waals surface area (Å²) < 4.78 is 10.9. The molecular weight excluding hydrogens is 204 g/mol. The van der Waals surface area contributed by atoms with Crippen molar-refractivity contribution in [2.24, 2.45) is 0 Å². The zero-order chi connectivity index (χ0) is 12.0. The van der Waals surface area contributed by atoms with Gasteiger partial charge in [-0.25, -0.2) is 0 Å². The Bertz CT molecular complexity index is 340. The number of nitrogen functional groups attached to an aromatic ring is 1. The van der Waals surface area contributed by atoms with Crippen molar-refractivity contribution in [1.29, 1.82) is 0 Å². The van der Waals surface area contributed by atoms with Crippen molar-refractivity contribution in [3.8, 4) is 11.5 Å². The van der Waals surface area contributed by atoms with Crippen molar-refractivity contribution in [3.05, 3.63) is 12.1 Å². The highest BCUT2D eigenvalue weighted by Gasteiger charge is 2.09. The van der Waals surface area contributed by atoms with Gasteiger partial charge in [-0.15, -0.1) is 0 Å². The van der Waals surface area contributed by atoms with E-state index >= 15 is 0 Å². The van der Waals surface area contributed by atoms with E-state index in [0.29, 0.717) is 24.7 Å². The van der Waals surface area contributed by atoms with Crippen molar-refractivity contribution in [3.63, 3.8) is 0 Å². The summed E-state index contributed by atoms with van der Waals surface area (Å²) in [6, 6.07) is 3.68. The molecule has 1 aromatic carbocycles. The fourth-order valence-electron chi connectivity index (χ4n) is 1.46. The van der Waals surface area contributed by atoms with Gasteiger partial charge in [0.1, 0.15) is 11.5 Å². The molecular formula is C12H20N2O2. The summed E-state index contributed by atoms with van der Waals surface area (Å²) >= 11 is 0. The highest BCUT2D eigenvalue weighted by atomic mass is 16.5. The Labute approximate surface area is 96.7 Å². The minimum Gasteiger partial charge on any atom is -0.492 e. The van der Waals surface area contributed by atoms with Gasteiger partial charge in [0, 0.05) is 18.7 Å². The molecule has 0 heterocycles. The molecule has 0 atom stereocenters. The second-order valence-corrected chi connectivity index (χ2v) is 3.28. The minimum atomic E-state index is 0.601. The van der Waals surface area contributed by atoms with E-state index in [9.17, 15) is 0 Å². The standard InChI is InChI=1S/C12H20N2O2/c1-4-14-10-8-11(15-5-2)9(13)7-12(10)16-6-3/h7-8,14H,4-6,13H2,1-3H3. The summed E-state index contributed by atoms with van der Waals surface area (Å²) in [7, 11) is 0. The molecule has 0 aliphatic heterocycles. The van der Waals surface area contributed by atoms with Gasteiger partial charge in [0.25, 0.3) is 0 Å². The van der Waals surface area contributed by atoms with Gasteiger partial charge in [0.05, 0.1) is 24.6 Å². The maximum atomic E-state index is 5.87. The van der Waals surface area contributed by atoms with E-state index in [1.165, 1.54) is 0 Å². The summed E-state index contributed by atoms with van der Waals surface area (Å²) in [4.78, 5) is 0. The third-order valence-corrected chi connectivity index (χ3v) is 2.08. The van der Waals surface area contributed by atoms with Crippen molar-refractivity contribution in [2.45, 2.75) is 20.8 Å². The first-order valence-electron chi connectivity index (χ1n) is 5.65. The van der Waals surface area contributed by atoms with Crippen LogP contribution in [0.15, 0.2) is 12.1 Å². The van der Waals surface area contributed by atoms with Crippen LogP contribution in [0.25, 0.3) is 0 Å². The van der Waals surface area contributed by atoms with Crippen LogP contribution in [0.2, 0.25) is 0 Å². The number of hydrogen-bond acceptors (Lipinski definition) is 4. The van der Waals surface area contributed by atoms with Crippen molar-refractivity contribution < 1.29 is 9.47 Å². The molecule has 16 heavy (non-hydrogen) atoms. The number of benzene rings is 1. The lowest BCUT2D eigenvalue weighted by atomic mass is 10.2. The van der Waals surface area contributed by atoms with Gasteiger partial charge in [-0.05, 0) is 20.8 Å². The monoisotopic (exact) mass is 224 g/mol. The first-order chi connectivity index (χ1) is 7.72. The lowest BCUT2D eigenvalue weighted by Gasteiger charge is -2.15. The van der Waals surface area contributed by atoms with E-state index in [1.807, 2.05) is 26.8 Å². The number of nitrogens with one attached hydrogen (secondary N) is 1. The van der Waals surface area contributed by atoms with Crippen LogP contribution < -0.4 is 20.5 Å². The van der Waals surface area contributed by atoms with E-state index in [-0.39, 0.29) is 0 Å². The van der Waals surface area contributed by atoms with Crippen LogP contribution in [0.4, 0.5) is 11.4 Å². The summed E-state index contributed by atoms with van der Waals surface area (Å²) in [6.45, 7) is 7.96. The molecule has 4 nitrogen and oxygen atoms in total. The highest BCUT2D eigenvalue weighted by Crippen LogP contribution is 2.34. The highest BCUT2D eigenvalue weighted by molar-refractivity contribution is 5.69. The number of nitrogens with two attached hydrogens (primary N) is 1. The maximum absolute atomic E-state index is 5.87. The third kappa shape index (κ3) is 2.95. The molecule has 3 N–H and O–H groups in total. The van der Waals surface area contributed by atoms with Gasteiger partial charge < -0.3 is 20.5 Å². The molecule has 1 rings (SSSR count). The smallest absolute Gasteiger partial charge is 0.144 e. The first kappa shape index (κ1) is 12.5.